The van der Waals surface area contributed by atoms with Crippen LogP contribution in [-0.4, -0.2) is 12.1 Å². The van der Waals surface area contributed by atoms with Crippen LogP contribution >= 0.6 is 0 Å². The SMILES string of the molecule is CCC(C)OC(=O)C=Cc1ccc(Oc2ccc(C(F)(F)F)cc2)cc1. The first-order chi connectivity index (χ1) is 12.3. The number of benzene rings is 2. The van der Waals surface area contributed by atoms with E-state index in [1.807, 2.05) is 13.8 Å². The van der Waals surface area contributed by atoms with Crippen molar-refractivity contribution in [2.45, 2.75) is 32.5 Å². The minimum Gasteiger partial charge on any atom is -0.460 e. The number of hydrogen-bond donors (Lipinski definition) is 0. The summed E-state index contributed by atoms with van der Waals surface area (Å²) in [7, 11) is 0. The van der Waals surface area contributed by atoms with E-state index in [2.05, 4.69) is 0 Å². The first-order valence-corrected chi connectivity index (χ1v) is 8.12. The lowest BCUT2D eigenvalue weighted by molar-refractivity contribution is -0.142. The summed E-state index contributed by atoms with van der Waals surface area (Å²) in [5.41, 5.74) is 0.0421. The van der Waals surface area contributed by atoms with Crippen LogP contribution in [-0.2, 0) is 15.7 Å². The summed E-state index contributed by atoms with van der Waals surface area (Å²) in [6.45, 7) is 3.75. The summed E-state index contributed by atoms with van der Waals surface area (Å²) in [6.07, 6.45) is -0.797. The molecule has 0 bridgehead atoms. The van der Waals surface area contributed by atoms with E-state index < -0.39 is 17.7 Å². The maximum absolute atomic E-state index is 12.5. The second kappa shape index (κ2) is 8.56. The Bertz CT molecular complexity index is 747. The fraction of sp³-hybridized carbons (Fsp3) is 0.250. The molecule has 0 heterocycles. The normalized spacial score (nSPS) is 12.8. The smallest absolute Gasteiger partial charge is 0.416 e. The van der Waals surface area contributed by atoms with Gasteiger partial charge < -0.3 is 9.47 Å². The van der Waals surface area contributed by atoms with Crippen LogP contribution in [0.15, 0.2) is 54.6 Å². The van der Waals surface area contributed by atoms with E-state index in [0.29, 0.717) is 11.5 Å². The molecule has 0 amide bonds. The Morgan fingerprint density at radius 3 is 2.08 bits per heavy atom. The van der Waals surface area contributed by atoms with Crippen molar-refractivity contribution in [2.24, 2.45) is 0 Å². The first-order valence-electron chi connectivity index (χ1n) is 8.12. The zero-order valence-electron chi connectivity index (χ0n) is 14.4. The predicted molar refractivity (Wildman–Crippen MR) is 92.8 cm³/mol. The molecule has 1 atom stereocenters. The monoisotopic (exact) mass is 364 g/mol. The molecule has 0 aliphatic rings. The number of carbonyl (C=O) groups excluding carboxylic acids is 1. The summed E-state index contributed by atoms with van der Waals surface area (Å²) < 4.78 is 48.2. The Balaban J connectivity index is 1.96. The van der Waals surface area contributed by atoms with Gasteiger partial charge in [0.25, 0.3) is 0 Å². The summed E-state index contributed by atoms with van der Waals surface area (Å²) in [4.78, 5) is 11.6. The number of carbonyl (C=O) groups is 1. The predicted octanol–water partition coefficient (Wildman–Crippen LogP) is 5.85. The van der Waals surface area contributed by atoms with E-state index >= 15 is 0 Å². The largest absolute Gasteiger partial charge is 0.460 e. The van der Waals surface area contributed by atoms with Crippen molar-refractivity contribution >= 4 is 12.0 Å². The zero-order valence-corrected chi connectivity index (χ0v) is 14.4. The van der Waals surface area contributed by atoms with Crippen molar-refractivity contribution in [3.05, 3.63) is 65.7 Å². The molecule has 6 heteroatoms. The van der Waals surface area contributed by atoms with E-state index in [9.17, 15) is 18.0 Å². The van der Waals surface area contributed by atoms with Crippen molar-refractivity contribution in [2.75, 3.05) is 0 Å². The van der Waals surface area contributed by atoms with Crippen LogP contribution < -0.4 is 4.74 Å². The molecule has 1 unspecified atom stereocenters. The molecule has 138 valence electrons. The Morgan fingerprint density at radius 1 is 1.04 bits per heavy atom. The van der Waals surface area contributed by atoms with Crippen LogP contribution in [0.4, 0.5) is 13.2 Å². The summed E-state index contributed by atoms with van der Waals surface area (Å²) in [5.74, 6) is 0.368. The van der Waals surface area contributed by atoms with Gasteiger partial charge in [0.05, 0.1) is 11.7 Å². The van der Waals surface area contributed by atoms with Crippen LogP contribution in [0.2, 0.25) is 0 Å². The van der Waals surface area contributed by atoms with Gasteiger partial charge in [-0.15, -0.1) is 0 Å². The minimum absolute atomic E-state index is 0.133. The maximum atomic E-state index is 12.5. The second-order valence-electron chi connectivity index (χ2n) is 5.68. The highest BCUT2D eigenvalue weighted by molar-refractivity contribution is 5.87. The Kier molecular flexibility index (Phi) is 6.44. The zero-order chi connectivity index (χ0) is 19.2. The van der Waals surface area contributed by atoms with Crippen LogP contribution in [0.1, 0.15) is 31.4 Å². The molecule has 0 aliphatic heterocycles. The molecule has 0 radical (unpaired) electrons. The van der Waals surface area contributed by atoms with E-state index in [1.54, 1.807) is 30.3 Å². The van der Waals surface area contributed by atoms with Gasteiger partial charge in [0.15, 0.2) is 0 Å². The molecule has 0 N–H and O–H groups in total. The average Bonchev–Trinajstić information content (AvgIpc) is 2.60. The third kappa shape index (κ3) is 5.95. The van der Waals surface area contributed by atoms with Crippen molar-refractivity contribution in [1.82, 2.24) is 0 Å². The third-order valence-corrected chi connectivity index (χ3v) is 3.60. The van der Waals surface area contributed by atoms with Crippen LogP contribution in [0.5, 0.6) is 11.5 Å². The summed E-state index contributed by atoms with van der Waals surface area (Å²) in [6, 6.07) is 11.3. The van der Waals surface area contributed by atoms with Gasteiger partial charge in [-0.05, 0) is 61.4 Å². The van der Waals surface area contributed by atoms with E-state index in [-0.39, 0.29) is 6.10 Å². The van der Waals surface area contributed by atoms with Gasteiger partial charge in [-0.25, -0.2) is 4.79 Å². The van der Waals surface area contributed by atoms with Crippen LogP contribution in [0.25, 0.3) is 6.08 Å². The summed E-state index contributed by atoms with van der Waals surface area (Å²) in [5, 5.41) is 0. The van der Waals surface area contributed by atoms with E-state index in [0.717, 1.165) is 24.1 Å². The quantitative estimate of drug-likeness (QED) is 0.476. The lowest BCUT2D eigenvalue weighted by atomic mass is 10.2. The van der Waals surface area contributed by atoms with Gasteiger partial charge in [-0.3, -0.25) is 0 Å². The number of esters is 1. The molecular formula is C20H19F3O3. The fourth-order valence-corrected chi connectivity index (χ4v) is 1.98. The van der Waals surface area contributed by atoms with Gasteiger partial charge in [-0.2, -0.15) is 13.2 Å². The molecule has 26 heavy (non-hydrogen) atoms. The molecule has 0 spiro atoms. The molecule has 2 aromatic rings. The molecule has 0 aromatic heterocycles. The molecule has 0 saturated carbocycles. The second-order valence-corrected chi connectivity index (χ2v) is 5.68. The number of halogens is 3. The molecular weight excluding hydrogens is 345 g/mol. The van der Waals surface area contributed by atoms with Crippen molar-refractivity contribution < 1.29 is 27.4 Å². The lowest BCUT2D eigenvalue weighted by Crippen LogP contribution is -2.11. The van der Waals surface area contributed by atoms with Gasteiger partial charge in [0.1, 0.15) is 11.5 Å². The molecule has 0 aliphatic carbocycles. The lowest BCUT2D eigenvalue weighted by Gasteiger charge is -2.09. The number of ether oxygens (including phenoxy) is 2. The van der Waals surface area contributed by atoms with E-state index in [1.165, 1.54) is 18.2 Å². The van der Waals surface area contributed by atoms with Gasteiger partial charge in [0.2, 0.25) is 0 Å². The molecule has 0 fully saturated rings. The Labute approximate surface area is 150 Å². The maximum Gasteiger partial charge on any atom is 0.416 e. The Hall–Kier alpha value is -2.76. The highest BCUT2D eigenvalue weighted by Gasteiger charge is 2.30. The molecule has 2 aromatic carbocycles. The van der Waals surface area contributed by atoms with Gasteiger partial charge in [0, 0.05) is 6.08 Å². The molecule has 0 saturated heterocycles. The van der Waals surface area contributed by atoms with Crippen LogP contribution in [0.3, 0.4) is 0 Å². The van der Waals surface area contributed by atoms with Crippen molar-refractivity contribution in [1.29, 1.82) is 0 Å². The standard InChI is InChI=1S/C20H19F3O3/c1-3-14(2)25-19(24)13-6-15-4-9-17(10-5-15)26-18-11-7-16(8-12-18)20(21,22)23/h4-14H,3H2,1-2H3. The van der Waals surface area contributed by atoms with Gasteiger partial charge in [-0.1, -0.05) is 19.1 Å². The third-order valence-electron chi connectivity index (χ3n) is 3.60. The molecule has 2 rings (SSSR count). The number of alkyl halides is 3. The number of rotatable bonds is 6. The fourth-order valence-electron chi connectivity index (χ4n) is 1.98. The topological polar surface area (TPSA) is 35.5 Å². The highest BCUT2D eigenvalue weighted by Crippen LogP contribution is 2.31. The minimum atomic E-state index is -4.37. The Morgan fingerprint density at radius 2 is 1.58 bits per heavy atom. The first kappa shape index (κ1) is 19.6. The molecule has 3 nitrogen and oxygen atoms in total. The van der Waals surface area contributed by atoms with Crippen LogP contribution in [0, 0.1) is 0 Å². The van der Waals surface area contributed by atoms with E-state index in [4.69, 9.17) is 9.47 Å². The average molecular weight is 364 g/mol. The van der Waals surface area contributed by atoms with Crippen molar-refractivity contribution in [3.63, 3.8) is 0 Å². The van der Waals surface area contributed by atoms with Gasteiger partial charge >= 0.3 is 12.1 Å². The highest BCUT2D eigenvalue weighted by atomic mass is 19.4. The number of hydrogen-bond acceptors (Lipinski definition) is 3. The summed E-state index contributed by atoms with van der Waals surface area (Å²) >= 11 is 0. The van der Waals surface area contributed by atoms with Crippen molar-refractivity contribution in [3.8, 4) is 11.5 Å².